The van der Waals surface area contributed by atoms with Gasteiger partial charge in [-0.15, -0.1) is 24.0 Å². The van der Waals surface area contributed by atoms with E-state index in [0.29, 0.717) is 5.92 Å². The molecule has 176 valence electrons. The zero-order chi connectivity index (χ0) is 21.4. The van der Waals surface area contributed by atoms with Gasteiger partial charge in [-0.1, -0.05) is 13.8 Å². The van der Waals surface area contributed by atoms with Crippen LogP contribution in [0.3, 0.4) is 0 Å². The van der Waals surface area contributed by atoms with Gasteiger partial charge in [0.05, 0.1) is 0 Å². The van der Waals surface area contributed by atoms with Gasteiger partial charge in [-0.25, -0.2) is 4.79 Å². The van der Waals surface area contributed by atoms with Gasteiger partial charge in [0.1, 0.15) is 5.60 Å². The Labute approximate surface area is 201 Å². The number of rotatable bonds is 8. The molecule has 7 nitrogen and oxygen atoms in total. The topological polar surface area (TPSA) is 60.4 Å². The maximum absolute atomic E-state index is 12.8. The number of guanidine groups is 1. The van der Waals surface area contributed by atoms with Gasteiger partial charge in [0, 0.05) is 45.8 Å². The second-order valence-electron chi connectivity index (χ2n) is 9.30. The van der Waals surface area contributed by atoms with Crippen molar-refractivity contribution < 1.29 is 9.53 Å². The van der Waals surface area contributed by atoms with Crippen LogP contribution in [-0.2, 0) is 4.74 Å². The van der Waals surface area contributed by atoms with Gasteiger partial charge in [0.2, 0.25) is 0 Å². The summed E-state index contributed by atoms with van der Waals surface area (Å²) in [6, 6.07) is 0.260. The number of aliphatic imine (C=N–C) groups is 1. The minimum Gasteiger partial charge on any atom is -0.444 e. The van der Waals surface area contributed by atoms with Gasteiger partial charge in [-0.3, -0.25) is 4.99 Å². The maximum atomic E-state index is 12.8. The SMILES string of the molecule is CCN(CC)CCNC(=NC)N1CCC(N(CC2CC2)C(=O)OC(C)(C)C)CC1.I. The summed E-state index contributed by atoms with van der Waals surface area (Å²) in [6.07, 6.45) is 4.25. The number of amides is 1. The highest BCUT2D eigenvalue weighted by Gasteiger charge is 2.35. The van der Waals surface area contributed by atoms with Crippen molar-refractivity contribution in [3.05, 3.63) is 0 Å². The monoisotopic (exact) mass is 537 g/mol. The van der Waals surface area contributed by atoms with E-state index in [1.165, 1.54) is 12.8 Å². The molecule has 0 aromatic rings. The van der Waals surface area contributed by atoms with E-state index in [2.05, 4.69) is 34.0 Å². The number of halogens is 1. The number of hydrogen-bond acceptors (Lipinski definition) is 4. The fourth-order valence-corrected chi connectivity index (χ4v) is 3.86. The molecule has 2 rings (SSSR count). The summed E-state index contributed by atoms with van der Waals surface area (Å²) < 4.78 is 5.71. The van der Waals surface area contributed by atoms with Gasteiger partial charge in [0.25, 0.3) is 0 Å². The van der Waals surface area contributed by atoms with Crippen LogP contribution in [-0.4, -0.2) is 91.3 Å². The average molecular weight is 538 g/mol. The van der Waals surface area contributed by atoms with Gasteiger partial charge >= 0.3 is 6.09 Å². The summed E-state index contributed by atoms with van der Waals surface area (Å²) in [5, 5.41) is 3.51. The molecule has 1 saturated heterocycles. The molecular formula is C22H44IN5O2. The van der Waals surface area contributed by atoms with Crippen LogP contribution in [0.4, 0.5) is 4.79 Å². The molecular weight excluding hydrogens is 493 g/mol. The molecule has 0 radical (unpaired) electrons. The lowest BCUT2D eigenvalue weighted by molar-refractivity contribution is 0.00928. The Kier molecular flexibility index (Phi) is 11.8. The maximum Gasteiger partial charge on any atom is 0.410 e. The van der Waals surface area contributed by atoms with Gasteiger partial charge in [-0.05, 0) is 65.5 Å². The molecule has 0 bridgehead atoms. The quantitative estimate of drug-likeness (QED) is 0.291. The van der Waals surface area contributed by atoms with E-state index in [0.717, 1.165) is 64.6 Å². The fourth-order valence-electron chi connectivity index (χ4n) is 3.86. The first-order chi connectivity index (χ1) is 13.8. The summed E-state index contributed by atoms with van der Waals surface area (Å²) >= 11 is 0. The first-order valence-electron chi connectivity index (χ1n) is 11.4. The van der Waals surface area contributed by atoms with E-state index in [4.69, 9.17) is 4.74 Å². The van der Waals surface area contributed by atoms with Crippen LogP contribution in [0.2, 0.25) is 0 Å². The molecule has 0 atom stereocenters. The van der Waals surface area contributed by atoms with Crippen molar-refractivity contribution in [2.75, 3.05) is 52.9 Å². The van der Waals surface area contributed by atoms with Crippen molar-refractivity contribution in [2.45, 2.75) is 71.9 Å². The Balaban J connectivity index is 0.00000450. The number of piperidine rings is 1. The lowest BCUT2D eigenvalue weighted by Crippen LogP contribution is -2.53. The minimum atomic E-state index is -0.448. The molecule has 1 N–H and O–H groups in total. The molecule has 0 aromatic heterocycles. The van der Waals surface area contributed by atoms with Crippen LogP contribution in [0.15, 0.2) is 4.99 Å². The standard InChI is InChI=1S/C22H43N5O2.HI/c1-7-25(8-2)16-13-24-20(23-6)26-14-11-19(12-15-26)27(17-18-9-10-18)21(28)29-22(3,4)5;/h18-19H,7-17H2,1-6H3,(H,23,24);1H. The normalized spacial score (nSPS) is 18.2. The zero-order valence-corrected chi connectivity index (χ0v) is 22.3. The Morgan fingerprint density at radius 3 is 2.20 bits per heavy atom. The van der Waals surface area contributed by atoms with Crippen LogP contribution in [0.25, 0.3) is 0 Å². The zero-order valence-electron chi connectivity index (χ0n) is 19.9. The molecule has 0 aromatic carbocycles. The summed E-state index contributed by atoms with van der Waals surface area (Å²) in [5.74, 6) is 1.64. The Bertz CT molecular complexity index is 536. The number of nitrogens with zero attached hydrogens (tertiary/aromatic N) is 4. The van der Waals surface area contributed by atoms with Crippen molar-refractivity contribution in [1.82, 2.24) is 20.0 Å². The Morgan fingerprint density at radius 2 is 1.73 bits per heavy atom. The summed E-state index contributed by atoms with van der Waals surface area (Å²) in [6.45, 7) is 17.0. The summed E-state index contributed by atoms with van der Waals surface area (Å²) in [7, 11) is 1.85. The molecule has 2 fully saturated rings. The first kappa shape index (κ1) is 27.3. The number of hydrogen-bond donors (Lipinski definition) is 1. The lowest BCUT2D eigenvalue weighted by Gasteiger charge is -2.40. The third-order valence-electron chi connectivity index (χ3n) is 5.80. The molecule has 2 aliphatic rings. The Hall–Kier alpha value is -0.770. The van der Waals surface area contributed by atoms with E-state index in [-0.39, 0.29) is 36.1 Å². The van der Waals surface area contributed by atoms with Crippen molar-refractivity contribution >= 4 is 36.0 Å². The van der Waals surface area contributed by atoms with E-state index >= 15 is 0 Å². The highest BCUT2D eigenvalue weighted by molar-refractivity contribution is 14.0. The smallest absolute Gasteiger partial charge is 0.410 e. The largest absolute Gasteiger partial charge is 0.444 e. The number of likely N-dealkylation sites (N-methyl/N-ethyl adjacent to an activating group) is 1. The van der Waals surface area contributed by atoms with Crippen LogP contribution >= 0.6 is 24.0 Å². The molecule has 8 heteroatoms. The lowest BCUT2D eigenvalue weighted by atomic mass is 10.0. The molecule has 1 aliphatic carbocycles. The fraction of sp³-hybridized carbons (Fsp3) is 0.909. The Morgan fingerprint density at radius 1 is 1.13 bits per heavy atom. The van der Waals surface area contributed by atoms with E-state index in [1.807, 2.05) is 32.7 Å². The highest BCUT2D eigenvalue weighted by atomic mass is 127. The number of carbonyl (C=O) groups excluding carboxylic acids is 1. The van der Waals surface area contributed by atoms with E-state index in [9.17, 15) is 4.79 Å². The van der Waals surface area contributed by atoms with Crippen LogP contribution < -0.4 is 5.32 Å². The third-order valence-corrected chi connectivity index (χ3v) is 5.80. The number of carbonyl (C=O) groups is 1. The predicted molar refractivity (Wildman–Crippen MR) is 135 cm³/mol. The number of ether oxygens (including phenoxy) is 1. The second-order valence-corrected chi connectivity index (χ2v) is 9.30. The van der Waals surface area contributed by atoms with Crippen LogP contribution in [0.5, 0.6) is 0 Å². The van der Waals surface area contributed by atoms with E-state index in [1.54, 1.807) is 0 Å². The highest BCUT2D eigenvalue weighted by Crippen LogP contribution is 2.32. The average Bonchev–Trinajstić information content (AvgIpc) is 3.50. The molecule has 0 spiro atoms. The third kappa shape index (κ3) is 9.16. The molecule has 1 heterocycles. The van der Waals surface area contributed by atoms with Crippen molar-refractivity contribution in [2.24, 2.45) is 10.9 Å². The van der Waals surface area contributed by atoms with Crippen molar-refractivity contribution in [3.63, 3.8) is 0 Å². The van der Waals surface area contributed by atoms with Gasteiger partial charge in [0.15, 0.2) is 5.96 Å². The first-order valence-corrected chi connectivity index (χ1v) is 11.4. The van der Waals surface area contributed by atoms with Crippen molar-refractivity contribution in [1.29, 1.82) is 0 Å². The van der Waals surface area contributed by atoms with Crippen LogP contribution in [0.1, 0.15) is 60.3 Å². The van der Waals surface area contributed by atoms with Gasteiger partial charge < -0.3 is 24.8 Å². The summed E-state index contributed by atoms with van der Waals surface area (Å²) in [5.41, 5.74) is -0.448. The minimum absolute atomic E-state index is 0. The van der Waals surface area contributed by atoms with Crippen molar-refractivity contribution in [3.8, 4) is 0 Å². The number of likely N-dealkylation sites (tertiary alicyclic amines) is 1. The second kappa shape index (κ2) is 12.9. The molecule has 30 heavy (non-hydrogen) atoms. The number of nitrogens with one attached hydrogen (secondary N) is 1. The van der Waals surface area contributed by atoms with E-state index < -0.39 is 5.60 Å². The van der Waals surface area contributed by atoms with Crippen LogP contribution in [0, 0.1) is 5.92 Å². The van der Waals surface area contributed by atoms with Gasteiger partial charge in [-0.2, -0.15) is 0 Å². The summed E-state index contributed by atoms with van der Waals surface area (Å²) in [4.78, 5) is 24.0. The predicted octanol–water partition coefficient (Wildman–Crippen LogP) is 3.63. The molecule has 1 saturated carbocycles. The molecule has 1 amide bonds. The molecule has 1 aliphatic heterocycles. The molecule has 0 unspecified atom stereocenters.